The van der Waals surface area contributed by atoms with E-state index in [1.54, 1.807) is 6.08 Å². The van der Waals surface area contributed by atoms with Crippen LogP contribution >= 0.6 is 0 Å². The van der Waals surface area contributed by atoms with Crippen LogP contribution in [0.1, 0.15) is 11.5 Å². The van der Waals surface area contributed by atoms with Crippen molar-refractivity contribution < 1.29 is 4.42 Å². The first-order chi connectivity index (χ1) is 9.81. The van der Waals surface area contributed by atoms with E-state index >= 15 is 0 Å². The summed E-state index contributed by atoms with van der Waals surface area (Å²) in [4.78, 5) is 0. The summed E-state index contributed by atoms with van der Waals surface area (Å²) in [5, 5.41) is 8.02. The Labute approximate surface area is 116 Å². The molecule has 98 valence electrons. The Kier molecular flexibility index (Phi) is 3.29. The van der Waals surface area contributed by atoms with E-state index in [2.05, 4.69) is 10.2 Å². The van der Waals surface area contributed by atoms with E-state index in [9.17, 15) is 0 Å². The molecule has 0 amide bonds. The lowest BCUT2D eigenvalue weighted by Gasteiger charge is -1.93. The van der Waals surface area contributed by atoms with Gasteiger partial charge in [-0.25, -0.2) is 0 Å². The lowest BCUT2D eigenvalue weighted by Crippen LogP contribution is -1.82. The van der Waals surface area contributed by atoms with Gasteiger partial charge in [-0.05, 0) is 35.9 Å². The summed E-state index contributed by atoms with van der Waals surface area (Å²) in [6.45, 7) is 0. The number of rotatable bonds is 3. The first-order valence-electron chi connectivity index (χ1n) is 6.24. The Morgan fingerprint density at radius 2 is 1.60 bits per heavy atom. The van der Waals surface area contributed by atoms with Crippen molar-refractivity contribution in [2.24, 2.45) is 0 Å². The molecule has 3 rings (SSSR count). The molecule has 20 heavy (non-hydrogen) atoms. The molecule has 4 nitrogen and oxygen atoms in total. The zero-order valence-corrected chi connectivity index (χ0v) is 10.7. The van der Waals surface area contributed by atoms with E-state index in [-0.39, 0.29) is 0 Å². The molecule has 0 spiro atoms. The molecule has 1 heterocycles. The van der Waals surface area contributed by atoms with Crippen LogP contribution in [0.2, 0.25) is 0 Å². The van der Waals surface area contributed by atoms with Crippen molar-refractivity contribution in [3.05, 3.63) is 66.1 Å². The van der Waals surface area contributed by atoms with Crippen molar-refractivity contribution in [1.82, 2.24) is 10.2 Å². The molecule has 3 aromatic rings. The Bertz CT molecular complexity index is 715. The zero-order valence-electron chi connectivity index (χ0n) is 10.7. The highest BCUT2D eigenvalue weighted by Crippen LogP contribution is 2.18. The molecule has 0 bridgehead atoms. The summed E-state index contributed by atoms with van der Waals surface area (Å²) in [6.07, 6.45) is 3.69. The summed E-state index contributed by atoms with van der Waals surface area (Å²) in [5.41, 5.74) is 8.31. The molecule has 2 aromatic carbocycles. The van der Waals surface area contributed by atoms with E-state index in [4.69, 9.17) is 10.2 Å². The Morgan fingerprint density at radius 3 is 2.35 bits per heavy atom. The van der Waals surface area contributed by atoms with Crippen LogP contribution in [0.4, 0.5) is 5.69 Å². The van der Waals surface area contributed by atoms with Crippen molar-refractivity contribution >= 4 is 17.8 Å². The molecule has 1 aromatic heterocycles. The zero-order chi connectivity index (χ0) is 13.8. The van der Waals surface area contributed by atoms with Crippen LogP contribution in [0.25, 0.3) is 23.6 Å². The molecule has 0 aliphatic heterocycles. The van der Waals surface area contributed by atoms with E-state index in [0.717, 1.165) is 16.8 Å². The van der Waals surface area contributed by atoms with E-state index in [0.29, 0.717) is 11.8 Å². The molecule has 0 saturated carbocycles. The molecule has 4 heteroatoms. The third kappa shape index (κ3) is 2.75. The molecule has 0 aliphatic rings. The highest BCUT2D eigenvalue weighted by atomic mass is 16.4. The maximum atomic E-state index is 5.64. The third-order valence-corrected chi connectivity index (χ3v) is 2.82. The number of hydrogen-bond acceptors (Lipinski definition) is 4. The SMILES string of the molecule is Nc1ccc(/C=C/c2nnc(-c3ccccc3)o2)cc1. The Morgan fingerprint density at radius 1 is 0.850 bits per heavy atom. The first-order valence-corrected chi connectivity index (χ1v) is 6.24. The topological polar surface area (TPSA) is 64.9 Å². The number of aromatic nitrogens is 2. The van der Waals surface area contributed by atoms with Crippen molar-refractivity contribution in [3.8, 4) is 11.5 Å². The Hall–Kier alpha value is -2.88. The van der Waals surface area contributed by atoms with Crippen LogP contribution in [0, 0.1) is 0 Å². The second-order valence-corrected chi connectivity index (χ2v) is 4.31. The normalized spacial score (nSPS) is 11.0. The first kappa shape index (κ1) is 12.2. The minimum absolute atomic E-state index is 0.473. The third-order valence-electron chi connectivity index (χ3n) is 2.82. The lowest BCUT2D eigenvalue weighted by molar-refractivity contribution is 0.558. The average molecular weight is 263 g/mol. The minimum atomic E-state index is 0.473. The van der Waals surface area contributed by atoms with Crippen molar-refractivity contribution in [1.29, 1.82) is 0 Å². The van der Waals surface area contributed by atoms with Gasteiger partial charge in [-0.1, -0.05) is 30.3 Å². The number of nitrogen functional groups attached to an aromatic ring is 1. The van der Waals surface area contributed by atoms with E-state index in [1.165, 1.54) is 0 Å². The predicted molar refractivity (Wildman–Crippen MR) is 79.5 cm³/mol. The van der Waals surface area contributed by atoms with Crippen LogP contribution in [-0.2, 0) is 0 Å². The molecule has 0 atom stereocenters. The number of nitrogens with zero attached hydrogens (tertiary/aromatic N) is 2. The largest absolute Gasteiger partial charge is 0.417 e. The van der Waals surface area contributed by atoms with Gasteiger partial charge >= 0.3 is 0 Å². The molecule has 0 radical (unpaired) electrons. The average Bonchev–Trinajstić information content (AvgIpc) is 2.97. The smallest absolute Gasteiger partial charge is 0.248 e. The van der Waals surface area contributed by atoms with Gasteiger partial charge in [0.2, 0.25) is 11.8 Å². The molecule has 0 saturated heterocycles. The van der Waals surface area contributed by atoms with Crippen LogP contribution in [-0.4, -0.2) is 10.2 Å². The van der Waals surface area contributed by atoms with Gasteiger partial charge in [-0.15, -0.1) is 10.2 Å². The minimum Gasteiger partial charge on any atom is -0.417 e. The second-order valence-electron chi connectivity index (χ2n) is 4.31. The summed E-state index contributed by atoms with van der Waals surface area (Å²) >= 11 is 0. The standard InChI is InChI=1S/C16H13N3O/c17-14-9-6-12(7-10-14)8-11-15-18-19-16(20-15)13-4-2-1-3-5-13/h1-11H,17H2/b11-8+. The number of anilines is 1. The lowest BCUT2D eigenvalue weighted by atomic mass is 10.2. The molecule has 2 N–H and O–H groups in total. The second kappa shape index (κ2) is 5.40. The molecule has 0 fully saturated rings. The Balaban J connectivity index is 1.79. The molecular formula is C16H13N3O. The fraction of sp³-hybridized carbons (Fsp3) is 0. The van der Waals surface area contributed by atoms with Gasteiger partial charge in [0, 0.05) is 17.3 Å². The maximum Gasteiger partial charge on any atom is 0.248 e. The van der Waals surface area contributed by atoms with Gasteiger partial charge in [-0.2, -0.15) is 0 Å². The van der Waals surface area contributed by atoms with Crippen LogP contribution in [0.3, 0.4) is 0 Å². The maximum absolute atomic E-state index is 5.64. The molecule has 0 unspecified atom stereocenters. The van der Waals surface area contributed by atoms with Gasteiger partial charge in [0.15, 0.2) is 0 Å². The summed E-state index contributed by atoms with van der Waals surface area (Å²) in [6, 6.07) is 17.2. The monoisotopic (exact) mass is 263 g/mol. The molecule has 0 aliphatic carbocycles. The van der Waals surface area contributed by atoms with Crippen molar-refractivity contribution in [3.63, 3.8) is 0 Å². The van der Waals surface area contributed by atoms with Gasteiger partial charge < -0.3 is 10.2 Å². The highest BCUT2D eigenvalue weighted by Gasteiger charge is 2.05. The summed E-state index contributed by atoms with van der Waals surface area (Å²) in [5.74, 6) is 0.989. The number of nitrogens with two attached hydrogens (primary N) is 1. The van der Waals surface area contributed by atoms with Crippen molar-refractivity contribution in [2.45, 2.75) is 0 Å². The molecular weight excluding hydrogens is 250 g/mol. The van der Waals surface area contributed by atoms with Gasteiger partial charge in [0.25, 0.3) is 0 Å². The number of hydrogen-bond donors (Lipinski definition) is 1. The van der Waals surface area contributed by atoms with Crippen LogP contribution < -0.4 is 5.73 Å². The van der Waals surface area contributed by atoms with Gasteiger partial charge in [0.05, 0.1) is 0 Å². The van der Waals surface area contributed by atoms with Crippen molar-refractivity contribution in [2.75, 3.05) is 5.73 Å². The predicted octanol–water partition coefficient (Wildman–Crippen LogP) is 3.49. The van der Waals surface area contributed by atoms with Gasteiger partial charge in [-0.3, -0.25) is 0 Å². The van der Waals surface area contributed by atoms with E-state index in [1.807, 2.05) is 60.7 Å². The van der Waals surface area contributed by atoms with E-state index < -0.39 is 0 Å². The fourth-order valence-electron chi connectivity index (χ4n) is 1.77. The van der Waals surface area contributed by atoms with Crippen LogP contribution in [0.5, 0.6) is 0 Å². The summed E-state index contributed by atoms with van der Waals surface area (Å²) in [7, 11) is 0. The van der Waals surface area contributed by atoms with Gasteiger partial charge in [0.1, 0.15) is 0 Å². The van der Waals surface area contributed by atoms with Crippen LogP contribution in [0.15, 0.2) is 59.0 Å². The fourth-order valence-corrected chi connectivity index (χ4v) is 1.77. The quantitative estimate of drug-likeness (QED) is 0.734. The highest BCUT2D eigenvalue weighted by molar-refractivity contribution is 5.67. The summed E-state index contributed by atoms with van der Waals surface area (Å²) < 4.78 is 5.58. The number of benzene rings is 2.